The average Bonchev–Trinajstić information content (AvgIpc) is 2.66. The van der Waals surface area contributed by atoms with E-state index in [1.807, 2.05) is 12.1 Å². The molecule has 0 unspecified atom stereocenters. The molecule has 104 valence electrons. The van der Waals surface area contributed by atoms with E-state index in [1.165, 1.54) is 5.56 Å². The molecule has 2 rings (SSSR count). The molecule has 0 radical (unpaired) electrons. The van der Waals surface area contributed by atoms with E-state index in [0.29, 0.717) is 5.92 Å². The number of benzene rings is 1. The molecule has 0 amide bonds. The number of aryl methyl sites for hydroxylation is 1. The molecule has 1 aromatic heterocycles. The smallest absolute Gasteiger partial charge is 0.148 e. The molecule has 0 saturated carbocycles. The Morgan fingerprint density at radius 3 is 2.74 bits per heavy atom. The second kappa shape index (κ2) is 6.29. The van der Waals surface area contributed by atoms with Gasteiger partial charge in [0.1, 0.15) is 11.3 Å². The van der Waals surface area contributed by atoms with E-state index < -0.39 is 0 Å². The normalized spacial score (nSPS) is 11.7. The van der Waals surface area contributed by atoms with E-state index in [-0.39, 0.29) is 0 Å². The Bertz CT molecular complexity index is 577. The second-order valence-electron chi connectivity index (χ2n) is 5.15. The highest BCUT2D eigenvalue weighted by Crippen LogP contribution is 2.34. The molecule has 0 aliphatic rings. The second-order valence-corrected chi connectivity index (χ2v) is 6.44. The summed E-state index contributed by atoms with van der Waals surface area (Å²) in [5.41, 5.74) is 2.14. The first-order chi connectivity index (χ1) is 9.02. The Kier molecular flexibility index (Phi) is 4.93. The lowest BCUT2D eigenvalue weighted by Gasteiger charge is -2.06. The molecule has 0 aliphatic heterocycles. The van der Waals surface area contributed by atoms with Crippen LogP contribution in [0, 0.1) is 5.92 Å². The summed E-state index contributed by atoms with van der Waals surface area (Å²) in [7, 11) is 0. The topological polar surface area (TPSA) is 25.2 Å². The first kappa shape index (κ1) is 14.9. The molecule has 1 N–H and O–H groups in total. The zero-order chi connectivity index (χ0) is 14.0. The Hall–Kier alpha value is -0.510. The van der Waals surface area contributed by atoms with Crippen LogP contribution in [0.3, 0.4) is 0 Å². The van der Waals surface area contributed by atoms with Crippen molar-refractivity contribution in [1.82, 2.24) is 5.32 Å². The summed E-state index contributed by atoms with van der Waals surface area (Å²) >= 11 is 9.64. The van der Waals surface area contributed by atoms with Crippen LogP contribution in [-0.2, 0) is 13.0 Å². The van der Waals surface area contributed by atoms with Gasteiger partial charge in [0.05, 0.1) is 11.0 Å². The Balaban J connectivity index is 2.36. The highest BCUT2D eigenvalue weighted by Gasteiger charge is 2.15. The van der Waals surface area contributed by atoms with Gasteiger partial charge in [-0.05, 0) is 46.9 Å². The van der Waals surface area contributed by atoms with E-state index in [1.54, 1.807) is 0 Å². The Morgan fingerprint density at radius 2 is 2.11 bits per heavy atom. The van der Waals surface area contributed by atoms with Gasteiger partial charge in [-0.2, -0.15) is 0 Å². The fourth-order valence-electron chi connectivity index (χ4n) is 2.23. The summed E-state index contributed by atoms with van der Waals surface area (Å²) in [6.45, 7) is 8.29. The zero-order valence-electron chi connectivity index (χ0n) is 11.5. The molecule has 0 spiro atoms. The van der Waals surface area contributed by atoms with Crippen molar-refractivity contribution < 1.29 is 4.42 Å². The maximum atomic E-state index is 6.12. The molecule has 4 heteroatoms. The van der Waals surface area contributed by atoms with Crippen molar-refractivity contribution in [3.8, 4) is 0 Å². The lowest BCUT2D eigenvalue weighted by Crippen LogP contribution is -2.19. The van der Waals surface area contributed by atoms with E-state index in [9.17, 15) is 0 Å². The van der Waals surface area contributed by atoms with Gasteiger partial charge in [-0.1, -0.05) is 32.4 Å². The summed E-state index contributed by atoms with van der Waals surface area (Å²) in [5, 5.41) is 5.28. The van der Waals surface area contributed by atoms with Gasteiger partial charge in [0.15, 0.2) is 0 Å². The largest absolute Gasteiger partial charge is 0.458 e. The van der Waals surface area contributed by atoms with Gasteiger partial charge in [0.25, 0.3) is 0 Å². The third kappa shape index (κ3) is 3.33. The minimum atomic E-state index is 0.635. The first-order valence-corrected chi connectivity index (χ1v) is 7.80. The molecule has 19 heavy (non-hydrogen) atoms. The van der Waals surface area contributed by atoms with Crippen molar-refractivity contribution in [2.24, 2.45) is 5.92 Å². The third-order valence-corrected chi connectivity index (χ3v) is 3.89. The summed E-state index contributed by atoms with van der Waals surface area (Å²) in [4.78, 5) is 0. The minimum absolute atomic E-state index is 0.635. The number of rotatable bonds is 5. The molecule has 2 nitrogen and oxygen atoms in total. The predicted octanol–water partition coefficient (Wildman–Crippen LogP) is 5.16. The maximum Gasteiger partial charge on any atom is 0.148 e. The van der Waals surface area contributed by atoms with Crippen molar-refractivity contribution in [3.63, 3.8) is 0 Å². The van der Waals surface area contributed by atoms with Gasteiger partial charge in [-0.15, -0.1) is 0 Å². The predicted molar refractivity (Wildman–Crippen MR) is 84.8 cm³/mol. The van der Waals surface area contributed by atoms with Crippen LogP contribution in [0.15, 0.2) is 21.0 Å². The van der Waals surface area contributed by atoms with Gasteiger partial charge in [0.2, 0.25) is 0 Å². The Morgan fingerprint density at radius 1 is 1.37 bits per heavy atom. The number of halogens is 2. The number of nitrogens with one attached hydrogen (secondary N) is 1. The van der Waals surface area contributed by atoms with Crippen LogP contribution in [0.4, 0.5) is 0 Å². The molecular weight excluding hydrogens is 326 g/mol. The number of hydrogen-bond donors (Lipinski definition) is 1. The molecule has 0 atom stereocenters. The van der Waals surface area contributed by atoms with Crippen LogP contribution < -0.4 is 5.32 Å². The fourth-order valence-corrected chi connectivity index (χ4v) is 3.12. The summed E-state index contributed by atoms with van der Waals surface area (Å²) in [6.07, 6.45) is 0.943. The maximum absolute atomic E-state index is 6.12. The van der Waals surface area contributed by atoms with Crippen molar-refractivity contribution in [3.05, 3.63) is 33.0 Å². The fraction of sp³-hybridized carbons (Fsp3) is 0.467. The molecule has 0 saturated heterocycles. The van der Waals surface area contributed by atoms with Gasteiger partial charge in [-0.25, -0.2) is 0 Å². The number of fused-ring (bicyclic) bond motifs is 1. The lowest BCUT2D eigenvalue weighted by molar-refractivity contribution is 0.480. The molecule has 2 aromatic rings. The lowest BCUT2D eigenvalue weighted by atomic mass is 10.1. The molecule has 1 aromatic carbocycles. The summed E-state index contributed by atoms with van der Waals surface area (Å²) in [6, 6.07) is 3.86. The first-order valence-electron chi connectivity index (χ1n) is 6.63. The van der Waals surface area contributed by atoms with E-state index in [4.69, 9.17) is 16.0 Å². The van der Waals surface area contributed by atoms with Crippen LogP contribution >= 0.6 is 27.5 Å². The number of furan rings is 1. The highest BCUT2D eigenvalue weighted by atomic mass is 79.9. The average molecular weight is 345 g/mol. The van der Waals surface area contributed by atoms with Crippen molar-refractivity contribution >= 4 is 38.5 Å². The SMILES string of the molecule is CCc1c(CNCC(C)C)oc2c(Br)cc(Cl)cc12. The molecule has 0 fully saturated rings. The van der Waals surface area contributed by atoms with Crippen LogP contribution in [-0.4, -0.2) is 6.54 Å². The molecule has 1 heterocycles. The van der Waals surface area contributed by atoms with E-state index >= 15 is 0 Å². The quantitative estimate of drug-likeness (QED) is 0.810. The van der Waals surface area contributed by atoms with E-state index in [2.05, 4.69) is 42.0 Å². The molecule has 0 aliphatic carbocycles. The molecule has 0 bridgehead atoms. The van der Waals surface area contributed by atoms with Crippen LogP contribution in [0.25, 0.3) is 11.0 Å². The van der Waals surface area contributed by atoms with Gasteiger partial charge in [-0.3, -0.25) is 0 Å². The zero-order valence-corrected chi connectivity index (χ0v) is 13.9. The van der Waals surface area contributed by atoms with Gasteiger partial charge < -0.3 is 9.73 Å². The van der Waals surface area contributed by atoms with Crippen LogP contribution in [0.5, 0.6) is 0 Å². The highest BCUT2D eigenvalue weighted by molar-refractivity contribution is 9.10. The van der Waals surface area contributed by atoms with Crippen LogP contribution in [0.2, 0.25) is 5.02 Å². The summed E-state index contributed by atoms with van der Waals surface area (Å²) < 4.78 is 6.91. The molecular formula is C15H19BrClNO. The van der Waals surface area contributed by atoms with Crippen molar-refractivity contribution in [1.29, 1.82) is 0 Å². The van der Waals surface area contributed by atoms with Crippen molar-refractivity contribution in [2.75, 3.05) is 6.54 Å². The standard InChI is InChI=1S/C15H19BrClNO/c1-4-11-12-5-10(17)6-13(16)15(12)19-14(11)8-18-7-9(2)3/h5-6,9,18H,4,7-8H2,1-3H3. The van der Waals surface area contributed by atoms with Gasteiger partial charge >= 0.3 is 0 Å². The number of hydrogen-bond acceptors (Lipinski definition) is 2. The monoisotopic (exact) mass is 343 g/mol. The van der Waals surface area contributed by atoms with Crippen LogP contribution in [0.1, 0.15) is 32.1 Å². The summed E-state index contributed by atoms with van der Waals surface area (Å²) in [5.74, 6) is 1.65. The third-order valence-electron chi connectivity index (χ3n) is 3.09. The van der Waals surface area contributed by atoms with Gasteiger partial charge in [0, 0.05) is 16.0 Å². The minimum Gasteiger partial charge on any atom is -0.458 e. The van der Waals surface area contributed by atoms with Crippen molar-refractivity contribution in [2.45, 2.75) is 33.7 Å². The Labute approximate surface area is 127 Å². The van der Waals surface area contributed by atoms with E-state index in [0.717, 1.165) is 45.7 Å².